The van der Waals surface area contributed by atoms with E-state index in [1.807, 2.05) is 7.05 Å². The van der Waals surface area contributed by atoms with Gasteiger partial charge in [-0.2, -0.15) is 0 Å². The quantitative estimate of drug-likeness (QED) is 0.654. The molecule has 0 aromatic heterocycles. The Morgan fingerprint density at radius 1 is 1.55 bits per heavy atom. The fourth-order valence-electron chi connectivity index (χ4n) is 1.41. The minimum Gasteiger partial charge on any atom is -0.338 e. The summed E-state index contributed by atoms with van der Waals surface area (Å²) in [5.74, 6) is 1.88. The molecule has 11 heavy (non-hydrogen) atoms. The zero-order valence-electron chi connectivity index (χ0n) is 7.50. The van der Waals surface area contributed by atoms with E-state index in [0.29, 0.717) is 6.04 Å². The Labute approximate surface area is 70.4 Å². The molecule has 4 heteroatoms. The molecule has 0 spiro atoms. The Kier molecular flexibility index (Phi) is 2.80. The average molecular weight is 178 g/mol. The summed E-state index contributed by atoms with van der Waals surface area (Å²) in [6.07, 6.45) is 1.12. The third-order valence-electron chi connectivity index (χ3n) is 2.37. The van der Waals surface area contributed by atoms with Gasteiger partial charge < -0.3 is 9.45 Å². The van der Waals surface area contributed by atoms with Gasteiger partial charge in [0, 0.05) is 17.5 Å². The lowest BCUT2D eigenvalue weighted by molar-refractivity contribution is 0.319. The molecule has 2 N–H and O–H groups in total. The largest absolute Gasteiger partial charge is 0.338 e. The van der Waals surface area contributed by atoms with Gasteiger partial charge in [0.25, 0.3) is 0 Å². The highest BCUT2D eigenvalue weighted by molar-refractivity contribution is 8.27. The summed E-state index contributed by atoms with van der Waals surface area (Å²) >= 11 is 0. The first-order valence-corrected chi connectivity index (χ1v) is 5.86. The molecule has 3 nitrogen and oxygen atoms in total. The van der Waals surface area contributed by atoms with Crippen molar-refractivity contribution in [2.24, 2.45) is 0 Å². The van der Waals surface area contributed by atoms with Crippen molar-refractivity contribution in [2.45, 2.75) is 12.5 Å². The molecule has 0 saturated carbocycles. The number of nitrogens with zero attached hydrogens (tertiary/aromatic N) is 1. The van der Waals surface area contributed by atoms with Gasteiger partial charge in [-0.05, 0) is 27.6 Å². The first-order chi connectivity index (χ1) is 5.07. The van der Waals surface area contributed by atoms with Gasteiger partial charge in [-0.3, -0.25) is 4.72 Å². The monoisotopic (exact) mass is 178 g/mol. The van der Waals surface area contributed by atoms with E-state index in [4.69, 9.17) is 0 Å². The molecular weight excluding hydrogens is 160 g/mol. The predicted octanol–water partition coefficient (Wildman–Crippen LogP) is 0.732. The van der Waals surface area contributed by atoms with E-state index >= 15 is 0 Å². The number of nitrogens with one attached hydrogen (secondary N) is 1. The van der Waals surface area contributed by atoms with Crippen LogP contribution in [0, 0.1) is 0 Å². The Bertz CT molecular complexity index is 142. The average Bonchev–Trinajstić information content (AvgIpc) is 2.33. The van der Waals surface area contributed by atoms with Crippen LogP contribution in [0.2, 0.25) is 0 Å². The van der Waals surface area contributed by atoms with Crippen molar-refractivity contribution in [3.05, 3.63) is 0 Å². The maximum Gasteiger partial charge on any atom is 0.0269 e. The van der Waals surface area contributed by atoms with E-state index in [-0.39, 0.29) is 0 Å². The normalized spacial score (nSPS) is 44.3. The fraction of sp³-hybridized carbons (Fsp3) is 1.00. The van der Waals surface area contributed by atoms with Crippen LogP contribution in [0.5, 0.6) is 0 Å². The number of hydrogen-bond donors (Lipinski definition) is 2. The lowest BCUT2D eigenvalue weighted by Gasteiger charge is -2.29. The van der Waals surface area contributed by atoms with Gasteiger partial charge in [-0.25, -0.2) is 0 Å². The molecule has 1 rings (SSSR count). The molecule has 1 aliphatic rings. The predicted molar refractivity (Wildman–Crippen MR) is 51.1 cm³/mol. The molecule has 68 valence electrons. The summed E-state index contributed by atoms with van der Waals surface area (Å²) in [5, 5.41) is 0. The molecule has 1 aliphatic heterocycles. The van der Waals surface area contributed by atoms with E-state index in [2.05, 4.69) is 23.7 Å². The second kappa shape index (κ2) is 3.31. The maximum absolute atomic E-state index is 9.86. The topological polar surface area (TPSA) is 35.5 Å². The van der Waals surface area contributed by atoms with Crippen LogP contribution in [0.1, 0.15) is 6.42 Å². The second-order valence-electron chi connectivity index (χ2n) is 3.32. The van der Waals surface area contributed by atoms with Gasteiger partial charge in [0.2, 0.25) is 0 Å². The summed E-state index contributed by atoms with van der Waals surface area (Å²) in [6, 6.07) is 0.572. The zero-order valence-corrected chi connectivity index (χ0v) is 8.32. The Hall–Kier alpha value is 0.230. The van der Waals surface area contributed by atoms with Crippen LogP contribution in [-0.4, -0.2) is 48.1 Å². The van der Waals surface area contributed by atoms with Gasteiger partial charge in [0.05, 0.1) is 0 Å². The molecule has 1 heterocycles. The SMILES string of the molecule is CNS1(O)CCC(N(C)C)C1. The molecule has 0 amide bonds. The third-order valence-corrected chi connectivity index (χ3v) is 4.97. The molecule has 0 radical (unpaired) electrons. The van der Waals surface area contributed by atoms with Crippen LogP contribution in [0.4, 0.5) is 0 Å². The van der Waals surface area contributed by atoms with Crippen molar-refractivity contribution < 1.29 is 4.55 Å². The van der Waals surface area contributed by atoms with Crippen LogP contribution in [0.3, 0.4) is 0 Å². The minimum absolute atomic E-state index is 0.572. The van der Waals surface area contributed by atoms with Crippen LogP contribution in [-0.2, 0) is 0 Å². The molecule has 0 aromatic rings. The van der Waals surface area contributed by atoms with Crippen molar-refractivity contribution in [2.75, 3.05) is 32.6 Å². The third kappa shape index (κ3) is 2.08. The molecule has 1 fully saturated rings. The van der Waals surface area contributed by atoms with E-state index in [9.17, 15) is 4.55 Å². The lowest BCUT2D eigenvalue weighted by atomic mass is 10.2. The summed E-state index contributed by atoms with van der Waals surface area (Å²) in [6.45, 7) is 0. The van der Waals surface area contributed by atoms with E-state index in [1.54, 1.807) is 0 Å². The first kappa shape index (κ1) is 9.32. The number of hydrogen-bond acceptors (Lipinski definition) is 3. The fourth-order valence-corrected chi connectivity index (χ4v) is 3.71. The van der Waals surface area contributed by atoms with Gasteiger partial charge in [0.1, 0.15) is 0 Å². The highest BCUT2D eigenvalue weighted by Crippen LogP contribution is 2.46. The van der Waals surface area contributed by atoms with Crippen LogP contribution in [0.25, 0.3) is 0 Å². The Balaban J connectivity index is 2.46. The van der Waals surface area contributed by atoms with Crippen molar-refractivity contribution in [3.63, 3.8) is 0 Å². The van der Waals surface area contributed by atoms with Crippen LogP contribution < -0.4 is 4.72 Å². The molecule has 2 unspecified atom stereocenters. The van der Waals surface area contributed by atoms with Gasteiger partial charge >= 0.3 is 0 Å². The zero-order chi connectivity index (χ0) is 8.48. The van der Waals surface area contributed by atoms with Crippen LogP contribution in [0.15, 0.2) is 0 Å². The minimum atomic E-state index is -1.43. The smallest absolute Gasteiger partial charge is 0.0269 e. The van der Waals surface area contributed by atoms with Gasteiger partial charge in [-0.1, -0.05) is 10.5 Å². The van der Waals surface area contributed by atoms with Crippen LogP contribution >= 0.6 is 10.5 Å². The molecule has 0 bridgehead atoms. The lowest BCUT2D eigenvalue weighted by Crippen LogP contribution is -2.29. The van der Waals surface area contributed by atoms with Crippen molar-refractivity contribution in [1.29, 1.82) is 0 Å². The molecule has 2 atom stereocenters. The van der Waals surface area contributed by atoms with E-state index < -0.39 is 10.5 Å². The van der Waals surface area contributed by atoms with E-state index in [1.165, 1.54) is 0 Å². The van der Waals surface area contributed by atoms with E-state index in [0.717, 1.165) is 17.9 Å². The molecule has 0 aromatic carbocycles. The summed E-state index contributed by atoms with van der Waals surface area (Å²) in [5.41, 5.74) is 0. The Morgan fingerprint density at radius 2 is 2.18 bits per heavy atom. The first-order valence-electron chi connectivity index (χ1n) is 3.93. The van der Waals surface area contributed by atoms with Gasteiger partial charge in [-0.15, -0.1) is 0 Å². The van der Waals surface area contributed by atoms with Crippen molar-refractivity contribution >= 4 is 10.5 Å². The van der Waals surface area contributed by atoms with Gasteiger partial charge in [0.15, 0.2) is 0 Å². The van der Waals surface area contributed by atoms with Crippen molar-refractivity contribution in [3.8, 4) is 0 Å². The second-order valence-corrected chi connectivity index (χ2v) is 6.16. The maximum atomic E-state index is 9.86. The molecule has 1 saturated heterocycles. The Morgan fingerprint density at radius 3 is 2.45 bits per heavy atom. The molecular formula is C7H18N2OS. The highest BCUT2D eigenvalue weighted by atomic mass is 32.3. The highest BCUT2D eigenvalue weighted by Gasteiger charge is 2.32. The number of rotatable bonds is 2. The summed E-state index contributed by atoms with van der Waals surface area (Å²) < 4.78 is 12.9. The summed E-state index contributed by atoms with van der Waals surface area (Å²) in [4.78, 5) is 2.20. The standard InChI is InChI=1S/C7H18N2OS/c1-8-11(10)5-4-7(6-11)9(2)3/h7-8,10H,4-6H2,1-3H3. The molecule has 0 aliphatic carbocycles. The van der Waals surface area contributed by atoms with Crippen molar-refractivity contribution in [1.82, 2.24) is 9.62 Å². The summed E-state index contributed by atoms with van der Waals surface area (Å²) in [7, 11) is 4.58.